The van der Waals surface area contributed by atoms with Gasteiger partial charge in [-0.1, -0.05) is 90.3 Å². The molecule has 3 aromatic rings. The lowest BCUT2D eigenvalue weighted by Crippen LogP contribution is -2.35. The van der Waals surface area contributed by atoms with Crippen LogP contribution >= 0.6 is 54.0 Å². The van der Waals surface area contributed by atoms with Crippen molar-refractivity contribution in [3.05, 3.63) is 112 Å². The number of aryl methyl sites for hydroxylation is 2. The standard InChI is InChI=1S/C14H20ClNO2.C12H9ClN2O3.C8H11Cl2NO.C3H8NO5P/c1-4-12-8-6-7-11(3)14(12)16(10-18-5-2)13(17)9-15;13-11-10(18-8-4-2-1-3-5-8)7-6-9(12(11)14)15(16)17;1-3-5-11(6-4-2)8(12)7(9)10;5-3(6)1-4-2-10(7,8)9/h6-8H,4-5,9-10H2,1-3H3;1-7H,14H2;3-4,7H,1-2,5-6H2;4H,1-2H2,(H,5,6)(H2,7,8,9). The third kappa shape index (κ3) is 21.0. The van der Waals surface area contributed by atoms with Crippen molar-refractivity contribution < 1.29 is 48.2 Å². The maximum atomic E-state index is 12.0. The zero-order valence-corrected chi connectivity index (χ0v) is 36.0. The number of carboxylic acid groups (broad SMARTS) is 1. The largest absolute Gasteiger partial charge is 0.480 e. The molecule has 58 heavy (non-hydrogen) atoms. The number of alkyl halides is 3. The Kier molecular flexibility index (Phi) is 26.9. The molecule has 0 unspecified atom stereocenters. The molecule has 0 saturated heterocycles. The smallest absolute Gasteiger partial charge is 0.339 e. The lowest BCUT2D eigenvalue weighted by molar-refractivity contribution is -0.383. The molecule has 0 spiro atoms. The fraction of sp³-hybridized carbons (Fsp3) is 0.324. The summed E-state index contributed by atoms with van der Waals surface area (Å²) in [4.78, 5) is 61.4. The van der Waals surface area contributed by atoms with Gasteiger partial charge < -0.3 is 35.0 Å². The molecule has 2 amide bonds. The number of anilines is 2. The Morgan fingerprint density at radius 2 is 1.64 bits per heavy atom. The Labute approximate surface area is 357 Å². The first kappa shape index (κ1) is 53.8. The fourth-order valence-electron chi connectivity index (χ4n) is 4.34. The molecule has 6 N–H and O–H groups in total. The molecule has 0 aliphatic rings. The second-order valence-corrected chi connectivity index (χ2v) is 14.6. The number of amides is 2. The van der Waals surface area contributed by atoms with Gasteiger partial charge >= 0.3 is 13.6 Å². The topological polar surface area (TPSA) is 235 Å². The summed E-state index contributed by atoms with van der Waals surface area (Å²) >= 11 is 22.4. The number of carbonyl (C=O) groups is 3. The van der Waals surface area contributed by atoms with Crippen LogP contribution in [0.1, 0.15) is 25.0 Å². The van der Waals surface area contributed by atoms with Crippen LogP contribution in [0.5, 0.6) is 11.5 Å². The van der Waals surface area contributed by atoms with Crippen LogP contribution < -0.4 is 20.7 Å². The van der Waals surface area contributed by atoms with Gasteiger partial charge in [-0.05, 0) is 49.6 Å². The Morgan fingerprint density at radius 1 is 1.03 bits per heavy atom. The molecule has 0 fully saturated rings. The number of aliphatic carboxylic acids is 1. The van der Waals surface area contributed by atoms with Crippen LogP contribution in [0.25, 0.3) is 0 Å². The molecular formula is C37H48Cl4N5O11P. The number of carbonyl (C=O) groups excluding carboxylic acids is 2. The van der Waals surface area contributed by atoms with E-state index in [4.69, 9.17) is 76.5 Å². The molecular weight excluding hydrogens is 863 g/mol. The first-order valence-electron chi connectivity index (χ1n) is 17.0. The predicted octanol–water partition coefficient (Wildman–Crippen LogP) is 7.53. The predicted molar refractivity (Wildman–Crippen MR) is 229 cm³/mol. The molecule has 0 aromatic heterocycles. The number of nitro groups is 1. The van der Waals surface area contributed by atoms with Gasteiger partial charge in [-0.25, -0.2) is 0 Å². The van der Waals surface area contributed by atoms with E-state index in [9.17, 15) is 29.1 Å². The molecule has 21 heteroatoms. The van der Waals surface area contributed by atoms with Crippen LogP contribution in [0.15, 0.2) is 86.0 Å². The van der Waals surface area contributed by atoms with Gasteiger partial charge in [0.05, 0.1) is 23.4 Å². The summed E-state index contributed by atoms with van der Waals surface area (Å²) in [6.45, 7) is 14.2. The summed E-state index contributed by atoms with van der Waals surface area (Å²) in [5, 5.41) is 20.8. The van der Waals surface area contributed by atoms with E-state index in [1.54, 1.807) is 41.3 Å². The van der Waals surface area contributed by atoms with Crippen LogP contribution in [0.2, 0.25) is 5.02 Å². The molecule has 0 saturated carbocycles. The molecule has 0 aliphatic carbocycles. The van der Waals surface area contributed by atoms with Crippen LogP contribution in [0.3, 0.4) is 0 Å². The van der Waals surface area contributed by atoms with E-state index >= 15 is 0 Å². The lowest BCUT2D eigenvalue weighted by Gasteiger charge is -2.25. The molecule has 0 bridgehead atoms. The molecule has 16 nitrogen and oxygen atoms in total. The van der Waals surface area contributed by atoms with Crippen molar-refractivity contribution in [1.29, 1.82) is 0 Å². The number of hydrogen-bond donors (Lipinski definition) is 5. The maximum absolute atomic E-state index is 12.0. The second kappa shape index (κ2) is 29.1. The van der Waals surface area contributed by atoms with Crippen molar-refractivity contribution in [2.24, 2.45) is 0 Å². The Hall–Kier alpha value is -4.22. The van der Waals surface area contributed by atoms with E-state index in [0.717, 1.165) is 23.2 Å². The monoisotopic (exact) mass is 909 g/mol. The highest BCUT2D eigenvalue weighted by Crippen LogP contribution is 2.39. The summed E-state index contributed by atoms with van der Waals surface area (Å²) in [7, 11) is -4.10. The Morgan fingerprint density at radius 3 is 2.10 bits per heavy atom. The molecule has 0 heterocycles. The Bertz CT molecular complexity index is 1830. The molecule has 0 aliphatic heterocycles. The SMILES string of the molecule is C=CCN(CC=C)C(=O)C(Cl)Cl.CCOCN(C(=O)CCl)c1c(C)cccc1CC.Nc1c([N+](=O)[O-])ccc(Oc2ccccc2)c1Cl.O=C(O)CNCP(=O)(O)O. The van der Waals surface area contributed by atoms with Crippen molar-refractivity contribution in [2.75, 3.05) is 55.8 Å². The van der Waals surface area contributed by atoms with Gasteiger partial charge in [0.15, 0.2) is 4.84 Å². The number of rotatable bonds is 18. The first-order chi connectivity index (χ1) is 27.3. The van der Waals surface area contributed by atoms with Crippen LogP contribution in [0.4, 0.5) is 17.1 Å². The zero-order valence-electron chi connectivity index (χ0n) is 32.1. The normalized spacial score (nSPS) is 10.3. The number of para-hydroxylation sites is 2. The number of nitrogens with zero attached hydrogens (tertiary/aromatic N) is 3. The number of nitrogen functional groups attached to an aromatic ring is 1. The molecule has 3 rings (SSSR count). The van der Waals surface area contributed by atoms with Gasteiger partial charge in [-0.2, -0.15) is 0 Å². The zero-order chi connectivity index (χ0) is 44.4. The third-order valence-corrected chi connectivity index (χ3v) is 8.52. The molecule has 3 aromatic carbocycles. The molecule has 320 valence electrons. The van der Waals surface area contributed by atoms with E-state index in [2.05, 4.69) is 25.4 Å². The molecule has 0 radical (unpaired) electrons. The van der Waals surface area contributed by atoms with E-state index in [1.165, 1.54) is 17.0 Å². The van der Waals surface area contributed by atoms with E-state index < -0.39 is 36.2 Å². The van der Waals surface area contributed by atoms with E-state index in [0.29, 0.717) is 25.4 Å². The van der Waals surface area contributed by atoms with Gasteiger partial charge in [0.25, 0.3) is 11.6 Å². The number of nitrogens with two attached hydrogens (primary N) is 1. The van der Waals surface area contributed by atoms with Crippen LogP contribution in [-0.2, 0) is 30.1 Å². The van der Waals surface area contributed by atoms with Gasteiger partial charge in [0, 0.05) is 25.8 Å². The van der Waals surface area contributed by atoms with Gasteiger partial charge in [0.1, 0.15) is 34.8 Å². The number of ether oxygens (including phenoxy) is 2. The highest BCUT2D eigenvalue weighted by atomic mass is 35.5. The van der Waals surface area contributed by atoms with Crippen LogP contribution in [-0.4, -0.2) is 92.5 Å². The van der Waals surface area contributed by atoms with Crippen molar-refractivity contribution in [1.82, 2.24) is 10.2 Å². The van der Waals surface area contributed by atoms with Crippen molar-refractivity contribution >= 4 is 88.8 Å². The average Bonchev–Trinajstić information content (AvgIpc) is 3.17. The molecule has 0 atom stereocenters. The number of halogens is 4. The highest BCUT2D eigenvalue weighted by Gasteiger charge is 2.20. The second-order valence-electron chi connectivity index (χ2n) is 11.3. The van der Waals surface area contributed by atoms with Gasteiger partial charge in [-0.3, -0.25) is 39.3 Å². The minimum absolute atomic E-state index is 0.0352. The quantitative estimate of drug-likeness (QED) is 0.0158. The summed E-state index contributed by atoms with van der Waals surface area (Å²) in [5.74, 6) is -0.774. The summed E-state index contributed by atoms with van der Waals surface area (Å²) in [5.41, 5.74) is 8.37. The van der Waals surface area contributed by atoms with Gasteiger partial charge in [-0.15, -0.1) is 24.8 Å². The van der Waals surface area contributed by atoms with E-state index in [-0.39, 0.29) is 46.6 Å². The number of hydrogen-bond acceptors (Lipinski definition) is 10. The number of carboxylic acids is 1. The number of nitro benzene ring substituents is 1. The average molecular weight is 912 g/mol. The fourth-order valence-corrected chi connectivity index (χ4v) is 5.36. The first-order valence-corrected chi connectivity index (χ1v) is 20.6. The summed E-state index contributed by atoms with van der Waals surface area (Å²) < 4.78 is 20.9. The lowest BCUT2D eigenvalue weighted by atomic mass is 10.0. The highest BCUT2D eigenvalue weighted by molar-refractivity contribution is 7.51. The van der Waals surface area contributed by atoms with E-state index in [1.807, 2.05) is 38.1 Å². The maximum Gasteiger partial charge on any atom is 0.339 e. The minimum atomic E-state index is -4.10. The number of nitrogens with one attached hydrogen (secondary N) is 1. The minimum Gasteiger partial charge on any atom is -0.480 e. The number of benzene rings is 3. The summed E-state index contributed by atoms with van der Waals surface area (Å²) in [6.07, 6.45) is 3.49. The third-order valence-electron chi connectivity index (χ3n) is 6.89. The summed E-state index contributed by atoms with van der Waals surface area (Å²) in [6, 6.07) is 17.7. The van der Waals surface area contributed by atoms with Crippen LogP contribution in [0, 0.1) is 17.0 Å². The Balaban J connectivity index is 0.000000770. The van der Waals surface area contributed by atoms with Crippen molar-refractivity contribution in [3.8, 4) is 11.5 Å². The van der Waals surface area contributed by atoms with Crippen molar-refractivity contribution in [2.45, 2.75) is 32.0 Å². The van der Waals surface area contributed by atoms with Crippen molar-refractivity contribution in [3.63, 3.8) is 0 Å². The van der Waals surface area contributed by atoms with Gasteiger partial charge in [0.2, 0.25) is 5.91 Å².